The molecule has 3 heterocycles. The van der Waals surface area contributed by atoms with Crippen LogP contribution in [0.2, 0.25) is 0 Å². The number of halogens is 2. The van der Waals surface area contributed by atoms with Crippen LogP contribution in [0.25, 0.3) is 20.8 Å². The van der Waals surface area contributed by atoms with Crippen LogP contribution < -0.4 is 5.32 Å². The van der Waals surface area contributed by atoms with Crippen molar-refractivity contribution in [2.45, 2.75) is 19.5 Å². The number of thiophene rings is 1. The van der Waals surface area contributed by atoms with E-state index >= 15 is 0 Å². The van der Waals surface area contributed by atoms with E-state index in [1.54, 1.807) is 11.3 Å². The lowest BCUT2D eigenvalue weighted by Gasteiger charge is -2.27. The van der Waals surface area contributed by atoms with E-state index in [1.807, 2.05) is 42.5 Å². The summed E-state index contributed by atoms with van der Waals surface area (Å²) in [6, 6.07) is 21.5. The van der Waals surface area contributed by atoms with Gasteiger partial charge in [0.25, 0.3) is 5.91 Å². The van der Waals surface area contributed by atoms with Crippen molar-refractivity contribution >= 4 is 43.8 Å². The molecule has 1 aliphatic rings. The fraction of sp³-hybridized carbons (Fsp3) is 0.143. The van der Waals surface area contributed by atoms with Gasteiger partial charge < -0.3 is 5.32 Å². The Hall–Kier alpha value is -3.46. The van der Waals surface area contributed by atoms with Crippen molar-refractivity contribution in [3.63, 3.8) is 0 Å². The monoisotopic (exact) mass is 517 g/mol. The summed E-state index contributed by atoms with van der Waals surface area (Å²) < 4.78 is 28.3. The number of nitrogens with one attached hydrogen (secondary N) is 1. The molecule has 1 N–H and O–H groups in total. The molecule has 3 aromatic carbocycles. The van der Waals surface area contributed by atoms with E-state index in [4.69, 9.17) is 4.98 Å². The first-order valence-electron chi connectivity index (χ1n) is 11.6. The van der Waals surface area contributed by atoms with Crippen molar-refractivity contribution < 1.29 is 13.6 Å². The predicted octanol–water partition coefficient (Wildman–Crippen LogP) is 7.11. The number of carbonyl (C=O) groups is 1. The summed E-state index contributed by atoms with van der Waals surface area (Å²) in [5.41, 5.74) is 4.38. The molecule has 0 bridgehead atoms. The third kappa shape index (κ3) is 4.43. The Morgan fingerprint density at radius 2 is 1.78 bits per heavy atom. The van der Waals surface area contributed by atoms with Crippen molar-refractivity contribution in [1.82, 2.24) is 9.88 Å². The van der Waals surface area contributed by atoms with Gasteiger partial charge in [-0.25, -0.2) is 13.8 Å². The number of fused-ring (bicyclic) bond motifs is 2. The largest absolute Gasteiger partial charge is 0.313 e. The standard InChI is InChI=1S/C28H21F2N3OS2/c29-20-11-10-18(14-21(20)30)26(34)32-28-25(27-31-22-8-4-5-9-23(22)35-27)19-12-13-33(16-24(19)36-28)15-17-6-2-1-3-7-17/h1-11,14H,12-13,15-16H2,(H,32,34). The normalized spacial score (nSPS) is 13.6. The zero-order valence-electron chi connectivity index (χ0n) is 19.1. The molecule has 0 radical (unpaired) electrons. The summed E-state index contributed by atoms with van der Waals surface area (Å²) >= 11 is 3.13. The van der Waals surface area contributed by atoms with Crippen LogP contribution in [0.15, 0.2) is 72.8 Å². The number of nitrogens with zero attached hydrogens (tertiary/aromatic N) is 2. The van der Waals surface area contributed by atoms with Crippen LogP contribution in [0.4, 0.5) is 13.8 Å². The van der Waals surface area contributed by atoms with Crippen molar-refractivity contribution in [1.29, 1.82) is 0 Å². The molecule has 0 saturated carbocycles. The lowest BCUT2D eigenvalue weighted by Crippen LogP contribution is -2.29. The van der Waals surface area contributed by atoms with Gasteiger partial charge in [0.1, 0.15) is 10.0 Å². The van der Waals surface area contributed by atoms with Gasteiger partial charge in [0.2, 0.25) is 0 Å². The molecule has 36 heavy (non-hydrogen) atoms. The molecule has 0 saturated heterocycles. The third-order valence-corrected chi connectivity index (χ3v) is 8.49. The number of thiazole rings is 1. The number of hydrogen-bond acceptors (Lipinski definition) is 5. The molecule has 0 aliphatic carbocycles. The van der Waals surface area contributed by atoms with Crippen molar-refractivity contribution in [3.05, 3.63) is 106 Å². The number of anilines is 1. The van der Waals surface area contributed by atoms with Crippen LogP contribution in [0.3, 0.4) is 0 Å². The maximum atomic E-state index is 13.8. The summed E-state index contributed by atoms with van der Waals surface area (Å²) in [5.74, 6) is -2.50. The minimum Gasteiger partial charge on any atom is -0.313 e. The van der Waals surface area contributed by atoms with Gasteiger partial charge in [-0.2, -0.15) is 0 Å². The predicted molar refractivity (Wildman–Crippen MR) is 142 cm³/mol. The van der Waals surface area contributed by atoms with Crippen molar-refractivity contribution in [2.75, 3.05) is 11.9 Å². The van der Waals surface area contributed by atoms with Gasteiger partial charge >= 0.3 is 0 Å². The highest BCUT2D eigenvalue weighted by Crippen LogP contribution is 2.46. The Labute approximate surface area is 214 Å². The van der Waals surface area contributed by atoms with Crippen LogP contribution in [0.1, 0.15) is 26.4 Å². The second kappa shape index (κ2) is 9.54. The summed E-state index contributed by atoms with van der Waals surface area (Å²) in [6.45, 7) is 2.52. The van der Waals surface area contributed by atoms with Gasteiger partial charge in [0.05, 0.1) is 10.2 Å². The number of hydrogen-bond donors (Lipinski definition) is 1. The van der Waals surface area contributed by atoms with Gasteiger partial charge in [0.15, 0.2) is 11.6 Å². The Kier molecular flexibility index (Phi) is 6.08. The Bertz CT molecular complexity index is 1550. The molecular formula is C28H21F2N3OS2. The molecule has 0 atom stereocenters. The number of carbonyl (C=O) groups excluding carboxylic acids is 1. The number of amides is 1. The first kappa shape index (κ1) is 23.0. The van der Waals surface area contributed by atoms with Gasteiger partial charge in [-0.3, -0.25) is 9.69 Å². The number of rotatable bonds is 5. The van der Waals surface area contributed by atoms with E-state index in [2.05, 4.69) is 22.3 Å². The number of para-hydroxylation sites is 1. The molecule has 180 valence electrons. The lowest BCUT2D eigenvalue weighted by molar-refractivity contribution is 0.102. The minimum absolute atomic E-state index is 0.0706. The summed E-state index contributed by atoms with van der Waals surface area (Å²) in [6.07, 6.45) is 0.838. The van der Waals surface area contributed by atoms with E-state index in [0.717, 1.165) is 59.0 Å². The maximum Gasteiger partial charge on any atom is 0.256 e. The molecule has 0 fully saturated rings. The first-order valence-corrected chi connectivity index (χ1v) is 13.2. The molecular weight excluding hydrogens is 496 g/mol. The fourth-order valence-corrected chi connectivity index (χ4v) is 6.93. The first-order chi connectivity index (χ1) is 17.5. The van der Waals surface area contributed by atoms with E-state index < -0.39 is 17.5 Å². The molecule has 1 amide bonds. The number of aromatic nitrogens is 1. The third-order valence-electron chi connectivity index (χ3n) is 6.30. The zero-order chi connectivity index (χ0) is 24.6. The van der Waals surface area contributed by atoms with Crippen LogP contribution >= 0.6 is 22.7 Å². The van der Waals surface area contributed by atoms with Gasteiger partial charge in [0, 0.05) is 35.6 Å². The Morgan fingerprint density at radius 3 is 2.58 bits per heavy atom. The highest BCUT2D eigenvalue weighted by atomic mass is 32.1. The van der Waals surface area contributed by atoms with E-state index in [1.165, 1.54) is 33.4 Å². The molecule has 2 aromatic heterocycles. The second-order valence-electron chi connectivity index (χ2n) is 8.72. The molecule has 4 nitrogen and oxygen atoms in total. The fourth-order valence-electron chi connectivity index (χ4n) is 4.54. The summed E-state index contributed by atoms with van der Waals surface area (Å²) in [4.78, 5) is 21.5. The van der Waals surface area contributed by atoms with Gasteiger partial charge in [-0.05, 0) is 47.9 Å². The van der Waals surface area contributed by atoms with E-state index in [9.17, 15) is 13.6 Å². The Morgan fingerprint density at radius 1 is 0.972 bits per heavy atom. The average Bonchev–Trinajstić information content (AvgIpc) is 3.46. The average molecular weight is 518 g/mol. The quantitative estimate of drug-likeness (QED) is 0.270. The van der Waals surface area contributed by atoms with E-state index in [0.29, 0.717) is 5.00 Å². The summed E-state index contributed by atoms with van der Waals surface area (Å²) in [5, 5.41) is 4.52. The highest BCUT2D eigenvalue weighted by Gasteiger charge is 2.28. The van der Waals surface area contributed by atoms with Gasteiger partial charge in [-0.1, -0.05) is 42.5 Å². The van der Waals surface area contributed by atoms with Crippen molar-refractivity contribution in [3.8, 4) is 10.6 Å². The number of benzene rings is 3. The summed E-state index contributed by atoms with van der Waals surface area (Å²) in [7, 11) is 0. The van der Waals surface area contributed by atoms with Gasteiger partial charge in [-0.15, -0.1) is 22.7 Å². The minimum atomic E-state index is -1.05. The molecule has 1 aliphatic heterocycles. The molecule has 5 aromatic rings. The Balaban J connectivity index is 1.37. The lowest BCUT2D eigenvalue weighted by atomic mass is 10.0. The topological polar surface area (TPSA) is 45.2 Å². The van der Waals surface area contributed by atoms with Crippen LogP contribution in [0.5, 0.6) is 0 Å². The van der Waals surface area contributed by atoms with E-state index in [-0.39, 0.29) is 5.56 Å². The molecule has 8 heteroatoms. The van der Waals surface area contributed by atoms with Crippen LogP contribution in [-0.4, -0.2) is 22.3 Å². The van der Waals surface area contributed by atoms with Crippen LogP contribution in [-0.2, 0) is 19.5 Å². The SMILES string of the molecule is O=C(Nc1sc2c(c1-c1nc3ccccc3s1)CCN(Cc1ccccc1)C2)c1ccc(F)c(F)c1. The molecule has 6 rings (SSSR count). The smallest absolute Gasteiger partial charge is 0.256 e. The van der Waals surface area contributed by atoms with Crippen molar-refractivity contribution in [2.24, 2.45) is 0 Å². The van der Waals surface area contributed by atoms with Crippen LogP contribution in [0, 0.1) is 11.6 Å². The maximum absolute atomic E-state index is 13.8. The molecule has 0 unspecified atom stereocenters. The highest BCUT2D eigenvalue weighted by molar-refractivity contribution is 7.23. The molecule has 0 spiro atoms. The zero-order valence-corrected chi connectivity index (χ0v) is 20.8. The second-order valence-corrected chi connectivity index (χ2v) is 10.9.